The molecule has 0 spiro atoms. The number of hydrogen-bond donors (Lipinski definition) is 0. The SMILES string of the molecule is CCCCN(CC)c1ccn([C@H]2CS[C@@H](COCC)O2)c(=O)n1. The van der Waals surface area contributed by atoms with E-state index >= 15 is 0 Å². The fraction of sp³-hybridized carbons (Fsp3) is 0.750. The maximum atomic E-state index is 12.3. The molecule has 0 unspecified atom stereocenters. The Morgan fingerprint density at radius 3 is 2.96 bits per heavy atom. The third-order valence-electron chi connectivity index (χ3n) is 3.80. The number of hydrogen-bond acceptors (Lipinski definition) is 6. The van der Waals surface area contributed by atoms with Gasteiger partial charge in [-0.05, 0) is 26.3 Å². The van der Waals surface area contributed by atoms with Gasteiger partial charge in [-0.1, -0.05) is 13.3 Å². The molecule has 2 heterocycles. The van der Waals surface area contributed by atoms with Crippen molar-refractivity contribution in [3.05, 3.63) is 22.7 Å². The monoisotopic (exact) mass is 341 g/mol. The van der Waals surface area contributed by atoms with E-state index in [1.807, 2.05) is 13.0 Å². The highest BCUT2D eigenvalue weighted by atomic mass is 32.2. The van der Waals surface area contributed by atoms with Crippen LogP contribution in [-0.2, 0) is 9.47 Å². The third kappa shape index (κ3) is 4.96. The fourth-order valence-corrected chi connectivity index (χ4v) is 3.49. The van der Waals surface area contributed by atoms with E-state index in [9.17, 15) is 4.79 Å². The summed E-state index contributed by atoms with van der Waals surface area (Å²) in [6.07, 6.45) is 3.76. The first-order valence-electron chi connectivity index (χ1n) is 8.38. The Balaban J connectivity index is 2.03. The van der Waals surface area contributed by atoms with Crippen molar-refractivity contribution >= 4 is 17.6 Å². The predicted octanol–water partition coefficient (Wildman–Crippen LogP) is 2.49. The fourth-order valence-electron chi connectivity index (χ4n) is 2.47. The molecule has 0 N–H and O–H groups in total. The molecule has 1 aromatic rings. The Hall–Kier alpha value is -1.05. The van der Waals surface area contributed by atoms with Gasteiger partial charge in [0.1, 0.15) is 17.5 Å². The minimum atomic E-state index is -0.259. The van der Waals surface area contributed by atoms with Gasteiger partial charge in [0.15, 0.2) is 0 Å². The summed E-state index contributed by atoms with van der Waals surface area (Å²) in [5, 5.41) is 0. The van der Waals surface area contributed by atoms with Gasteiger partial charge in [-0.25, -0.2) is 4.79 Å². The molecule has 0 radical (unpaired) electrons. The van der Waals surface area contributed by atoms with Crippen LogP contribution in [0.5, 0.6) is 0 Å². The van der Waals surface area contributed by atoms with E-state index in [1.54, 1.807) is 22.5 Å². The molecule has 1 aliphatic rings. The van der Waals surface area contributed by atoms with Gasteiger partial charge < -0.3 is 14.4 Å². The van der Waals surface area contributed by atoms with Crippen LogP contribution in [0.15, 0.2) is 17.1 Å². The number of unbranched alkanes of at least 4 members (excludes halogenated alkanes) is 1. The summed E-state index contributed by atoms with van der Waals surface area (Å²) in [5.41, 5.74) is -0.261. The molecule has 2 rings (SSSR count). The summed E-state index contributed by atoms with van der Waals surface area (Å²) in [5.74, 6) is 1.49. The Kier molecular flexibility index (Phi) is 7.39. The van der Waals surface area contributed by atoms with Crippen molar-refractivity contribution in [1.82, 2.24) is 9.55 Å². The smallest absolute Gasteiger partial charge is 0.351 e. The molecule has 7 heteroatoms. The zero-order valence-electron chi connectivity index (χ0n) is 14.2. The number of anilines is 1. The summed E-state index contributed by atoms with van der Waals surface area (Å²) in [6.45, 7) is 9.20. The second kappa shape index (κ2) is 9.30. The average molecular weight is 341 g/mol. The molecule has 0 saturated carbocycles. The molecule has 0 bridgehead atoms. The molecule has 130 valence electrons. The van der Waals surface area contributed by atoms with Gasteiger partial charge in [-0.15, -0.1) is 11.8 Å². The van der Waals surface area contributed by atoms with E-state index in [2.05, 4.69) is 23.7 Å². The standard InChI is InChI=1S/C16H27N3O3S/c1-4-7-9-18(5-2)13-8-10-19(16(20)17-13)14-12-23-15(22-14)11-21-6-3/h8,10,14-15H,4-7,9,11-12H2,1-3H3/t14-,15+/m1/s1. The van der Waals surface area contributed by atoms with Crippen molar-refractivity contribution in [3.8, 4) is 0 Å². The lowest BCUT2D eigenvalue weighted by Gasteiger charge is -2.22. The van der Waals surface area contributed by atoms with E-state index in [1.165, 1.54) is 0 Å². The molecule has 6 nitrogen and oxygen atoms in total. The highest BCUT2D eigenvalue weighted by molar-refractivity contribution is 8.00. The van der Waals surface area contributed by atoms with Crippen LogP contribution in [0.4, 0.5) is 5.82 Å². The van der Waals surface area contributed by atoms with Crippen LogP contribution in [-0.4, -0.2) is 47.0 Å². The summed E-state index contributed by atoms with van der Waals surface area (Å²) < 4.78 is 12.8. The summed E-state index contributed by atoms with van der Waals surface area (Å²) in [4.78, 5) is 18.7. The molecular weight excluding hydrogens is 314 g/mol. The molecule has 1 aliphatic heterocycles. The lowest BCUT2D eigenvalue weighted by atomic mass is 10.3. The largest absolute Gasteiger partial charge is 0.378 e. The van der Waals surface area contributed by atoms with Gasteiger partial charge >= 0.3 is 5.69 Å². The number of ether oxygens (including phenoxy) is 2. The molecule has 23 heavy (non-hydrogen) atoms. The van der Waals surface area contributed by atoms with E-state index in [4.69, 9.17) is 9.47 Å². The van der Waals surface area contributed by atoms with Gasteiger partial charge in [0, 0.05) is 31.6 Å². The van der Waals surface area contributed by atoms with E-state index in [0.29, 0.717) is 13.2 Å². The molecule has 0 amide bonds. The summed E-state index contributed by atoms with van der Waals surface area (Å²) in [6, 6.07) is 1.91. The minimum absolute atomic E-state index is 0.0109. The number of aromatic nitrogens is 2. The third-order valence-corrected chi connectivity index (χ3v) is 4.90. The predicted molar refractivity (Wildman–Crippen MR) is 94.2 cm³/mol. The number of nitrogens with zero attached hydrogens (tertiary/aromatic N) is 3. The molecule has 0 aromatic carbocycles. The quantitative estimate of drug-likeness (QED) is 0.688. The van der Waals surface area contributed by atoms with Gasteiger partial charge in [-0.3, -0.25) is 4.57 Å². The molecule has 1 aromatic heterocycles. The normalized spacial score (nSPS) is 20.8. The van der Waals surface area contributed by atoms with E-state index in [0.717, 1.165) is 37.5 Å². The molecule has 0 aliphatic carbocycles. The van der Waals surface area contributed by atoms with Crippen LogP contribution >= 0.6 is 11.8 Å². The lowest BCUT2D eigenvalue weighted by molar-refractivity contribution is -0.0226. The second-order valence-electron chi connectivity index (χ2n) is 5.42. The maximum absolute atomic E-state index is 12.3. The van der Waals surface area contributed by atoms with E-state index < -0.39 is 0 Å². The van der Waals surface area contributed by atoms with Gasteiger partial charge in [0.05, 0.1) is 6.61 Å². The van der Waals surface area contributed by atoms with Crippen LogP contribution in [0.1, 0.15) is 39.8 Å². The Bertz CT molecular complexity index is 538. The van der Waals surface area contributed by atoms with Crippen LogP contribution in [0.3, 0.4) is 0 Å². The zero-order chi connectivity index (χ0) is 16.7. The Labute approximate surface area is 142 Å². The van der Waals surface area contributed by atoms with Gasteiger partial charge in [-0.2, -0.15) is 4.98 Å². The van der Waals surface area contributed by atoms with Crippen LogP contribution in [0.2, 0.25) is 0 Å². The summed E-state index contributed by atoms with van der Waals surface area (Å²) >= 11 is 1.67. The second-order valence-corrected chi connectivity index (χ2v) is 6.61. The minimum Gasteiger partial charge on any atom is -0.378 e. The highest BCUT2D eigenvalue weighted by Gasteiger charge is 2.28. The van der Waals surface area contributed by atoms with Crippen LogP contribution < -0.4 is 10.6 Å². The number of thioether (sulfide) groups is 1. The average Bonchev–Trinajstić information content (AvgIpc) is 3.02. The first-order valence-corrected chi connectivity index (χ1v) is 9.43. The highest BCUT2D eigenvalue weighted by Crippen LogP contribution is 2.31. The van der Waals surface area contributed by atoms with Gasteiger partial charge in [0.2, 0.25) is 0 Å². The molecule has 1 fully saturated rings. The first kappa shape index (κ1) is 18.3. The maximum Gasteiger partial charge on any atom is 0.351 e. The first-order chi connectivity index (χ1) is 11.2. The Morgan fingerprint density at radius 1 is 1.48 bits per heavy atom. The van der Waals surface area contributed by atoms with Crippen molar-refractivity contribution in [2.24, 2.45) is 0 Å². The molecule has 1 saturated heterocycles. The molecular formula is C16H27N3O3S. The topological polar surface area (TPSA) is 56.6 Å². The van der Waals surface area contributed by atoms with Crippen molar-refractivity contribution in [1.29, 1.82) is 0 Å². The van der Waals surface area contributed by atoms with Crippen LogP contribution in [0, 0.1) is 0 Å². The number of rotatable bonds is 9. The Morgan fingerprint density at radius 2 is 2.30 bits per heavy atom. The molecule has 2 atom stereocenters. The van der Waals surface area contributed by atoms with Crippen molar-refractivity contribution in [3.63, 3.8) is 0 Å². The van der Waals surface area contributed by atoms with Crippen molar-refractivity contribution in [2.75, 3.05) is 37.0 Å². The van der Waals surface area contributed by atoms with Crippen molar-refractivity contribution < 1.29 is 9.47 Å². The lowest BCUT2D eigenvalue weighted by Crippen LogP contribution is -2.32. The van der Waals surface area contributed by atoms with Gasteiger partial charge in [0.25, 0.3) is 0 Å². The van der Waals surface area contributed by atoms with Crippen molar-refractivity contribution in [2.45, 2.75) is 45.3 Å². The zero-order valence-corrected chi connectivity index (χ0v) is 15.1. The van der Waals surface area contributed by atoms with E-state index in [-0.39, 0.29) is 17.4 Å². The summed E-state index contributed by atoms with van der Waals surface area (Å²) in [7, 11) is 0. The van der Waals surface area contributed by atoms with Crippen LogP contribution in [0.25, 0.3) is 0 Å².